The van der Waals surface area contributed by atoms with Crippen molar-refractivity contribution in [1.82, 2.24) is 41.3 Å². The number of hydrazine groups is 1. The molecule has 3 N–H and O–H groups in total. The summed E-state index contributed by atoms with van der Waals surface area (Å²) < 4.78 is 0. The Balaban J connectivity index is 1.20. The summed E-state index contributed by atoms with van der Waals surface area (Å²) in [6, 6.07) is 21.8. The molecule has 33 heavy (non-hydrogen) atoms. The molecule has 0 aliphatic rings. The molecule has 2 amide bonds. The summed E-state index contributed by atoms with van der Waals surface area (Å²) in [6.07, 6.45) is 1.63. The van der Waals surface area contributed by atoms with Crippen LogP contribution in [0.2, 0.25) is 0 Å². The van der Waals surface area contributed by atoms with Crippen LogP contribution in [-0.4, -0.2) is 42.2 Å². The lowest BCUT2D eigenvalue weighted by Crippen LogP contribution is -2.41. The second kappa shape index (κ2) is 8.71. The highest BCUT2D eigenvalue weighted by molar-refractivity contribution is 6.06. The molecule has 0 fully saturated rings. The summed E-state index contributed by atoms with van der Waals surface area (Å²) in [5.74, 6) is -0.327. The summed E-state index contributed by atoms with van der Waals surface area (Å²) in [6.45, 7) is 0.409. The van der Waals surface area contributed by atoms with E-state index in [-0.39, 0.29) is 0 Å². The van der Waals surface area contributed by atoms with Gasteiger partial charge in [0, 0.05) is 16.5 Å². The van der Waals surface area contributed by atoms with Gasteiger partial charge in [-0.25, -0.2) is 0 Å². The summed E-state index contributed by atoms with van der Waals surface area (Å²) in [7, 11) is 0. The molecule has 5 rings (SSSR count). The van der Waals surface area contributed by atoms with Gasteiger partial charge in [0.25, 0.3) is 11.8 Å². The normalized spacial score (nSPS) is 10.8. The van der Waals surface area contributed by atoms with Crippen molar-refractivity contribution in [3.63, 3.8) is 0 Å². The van der Waals surface area contributed by atoms with Crippen molar-refractivity contribution >= 4 is 22.7 Å². The number of H-pyrrole nitrogens is 1. The lowest BCUT2D eigenvalue weighted by molar-refractivity contribution is 0.0847. The van der Waals surface area contributed by atoms with Crippen molar-refractivity contribution in [2.24, 2.45) is 0 Å². The highest BCUT2D eigenvalue weighted by atomic mass is 16.2. The van der Waals surface area contributed by atoms with Crippen molar-refractivity contribution in [3.8, 4) is 11.4 Å². The van der Waals surface area contributed by atoms with Crippen LogP contribution in [0.5, 0.6) is 0 Å². The van der Waals surface area contributed by atoms with Crippen molar-refractivity contribution < 1.29 is 9.59 Å². The Morgan fingerprint density at radius 1 is 0.879 bits per heavy atom. The van der Waals surface area contributed by atoms with Crippen molar-refractivity contribution in [2.75, 3.05) is 0 Å². The first kappa shape index (κ1) is 20.1. The zero-order valence-corrected chi connectivity index (χ0v) is 17.3. The quantitative estimate of drug-likeness (QED) is 0.361. The zero-order chi connectivity index (χ0) is 22.6. The predicted octanol–water partition coefficient (Wildman–Crippen LogP) is 2.34. The minimum atomic E-state index is -0.443. The number of nitrogens with one attached hydrogen (secondary N) is 3. The number of benzene rings is 3. The predicted molar refractivity (Wildman–Crippen MR) is 120 cm³/mol. The van der Waals surface area contributed by atoms with E-state index in [9.17, 15) is 9.59 Å². The molecule has 0 saturated heterocycles. The number of carbonyl (C=O) groups is 2. The average Bonchev–Trinajstić information content (AvgIpc) is 3.53. The van der Waals surface area contributed by atoms with Gasteiger partial charge in [0.15, 0.2) is 0 Å². The van der Waals surface area contributed by atoms with Gasteiger partial charge in [0.05, 0.1) is 23.8 Å². The number of hydrogen-bond donors (Lipinski definition) is 3. The second-order valence-corrected chi connectivity index (χ2v) is 7.25. The molecular formula is C23H18N8O2. The number of amides is 2. The smallest absolute Gasteiger partial charge is 0.271 e. The van der Waals surface area contributed by atoms with E-state index in [1.54, 1.807) is 42.6 Å². The Morgan fingerprint density at radius 3 is 2.48 bits per heavy atom. The maximum atomic E-state index is 12.5. The summed E-state index contributed by atoms with van der Waals surface area (Å²) in [5.41, 5.74) is 8.04. The maximum absolute atomic E-state index is 12.5. The van der Waals surface area contributed by atoms with Gasteiger partial charge in [0.2, 0.25) is 5.82 Å². The molecule has 0 bridgehead atoms. The van der Waals surface area contributed by atoms with Crippen LogP contribution in [-0.2, 0) is 6.54 Å². The first-order valence-corrected chi connectivity index (χ1v) is 10.1. The first-order chi connectivity index (χ1) is 16.2. The Hall–Kier alpha value is -4.86. The van der Waals surface area contributed by atoms with E-state index in [2.05, 4.69) is 36.5 Å². The Bertz CT molecular complexity index is 1420. The molecular weight excluding hydrogens is 420 g/mol. The number of rotatable bonds is 5. The van der Waals surface area contributed by atoms with Crippen LogP contribution in [0, 0.1) is 0 Å². The maximum Gasteiger partial charge on any atom is 0.271 e. The third kappa shape index (κ3) is 4.30. The van der Waals surface area contributed by atoms with E-state index in [0.29, 0.717) is 29.0 Å². The SMILES string of the molecule is O=C(NNC(=O)c1cccc2cn[nH]c12)c1ccc(Cn2nnc(-c3ccccc3)n2)cc1. The fourth-order valence-corrected chi connectivity index (χ4v) is 3.35. The molecule has 0 aliphatic heterocycles. The molecule has 0 aliphatic carbocycles. The van der Waals surface area contributed by atoms with Gasteiger partial charge in [-0.15, -0.1) is 10.2 Å². The molecule has 5 aromatic rings. The van der Waals surface area contributed by atoms with Gasteiger partial charge in [0.1, 0.15) is 0 Å². The molecule has 0 radical (unpaired) electrons. The molecule has 3 aromatic carbocycles. The van der Waals surface area contributed by atoms with E-state index in [0.717, 1.165) is 16.5 Å². The third-order valence-corrected chi connectivity index (χ3v) is 5.04. The molecule has 10 nitrogen and oxygen atoms in total. The van der Waals surface area contributed by atoms with E-state index in [4.69, 9.17) is 0 Å². The minimum Gasteiger partial charge on any atom is -0.277 e. The van der Waals surface area contributed by atoms with Crippen LogP contribution in [0.4, 0.5) is 0 Å². The fraction of sp³-hybridized carbons (Fsp3) is 0.0435. The number of aromatic nitrogens is 6. The minimum absolute atomic E-state index is 0.385. The van der Waals surface area contributed by atoms with Crippen molar-refractivity contribution in [2.45, 2.75) is 6.54 Å². The van der Waals surface area contributed by atoms with Crippen LogP contribution < -0.4 is 10.9 Å². The Labute approximate surface area is 187 Å². The largest absolute Gasteiger partial charge is 0.277 e. The second-order valence-electron chi connectivity index (χ2n) is 7.25. The topological polar surface area (TPSA) is 130 Å². The Morgan fingerprint density at radius 2 is 1.67 bits per heavy atom. The van der Waals surface area contributed by atoms with Crippen LogP contribution in [0.1, 0.15) is 26.3 Å². The number of fused-ring (bicyclic) bond motifs is 1. The Kier molecular flexibility index (Phi) is 5.30. The highest BCUT2D eigenvalue weighted by Gasteiger charge is 2.13. The van der Waals surface area contributed by atoms with Gasteiger partial charge in [-0.05, 0) is 29.0 Å². The monoisotopic (exact) mass is 438 g/mol. The molecule has 162 valence electrons. The van der Waals surface area contributed by atoms with Crippen LogP contribution in [0.25, 0.3) is 22.3 Å². The molecule has 0 spiro atoms. The van der Waals surface area contributed by atoms with Gasteiger partial charge in [-0.3, -0.25) is 25.5 Å². The van der Waals surface area contributed by atoms with Crippen molar-refractivity contribution in [1.29, 1.82) is 0 Å². The average molecular weight is 438 g/mol. The van der Waals surface area contributed by atoms with Gasteiger partial charge < -0.3 is 0 Å². The third-order valence-electron chi connectivity index (χ3n) is 5.04. The van der Waals surface area contributed by atoms with Crippen molar-refractivity contribution in [3.05, 3.63) is 95.7 Å². The van der Waals surface area contributed by atoms with E-state index in [1.165, 1.54) is 4.80 Å². The molecule has 10 heteroatoms. The number of aromatic amines is 1. The molecule has 0 saturated carbocycles. The van der Waals surface area contributed by atoms with Crippen LogP contribution in [0.15, 0.2) is 79.0 Å². The molecule has 0 atom stereocenters. The standard InChI is InChI=1S/C23H18N8O2/c32-22(27-28-23(33)19-8-4-7-18-13-24-25-20(18)19)17-11-9-15(10-12-17)14-31-29-21(26-30-31)16-5-2-1-3-6-16/h1-13H,14H2,(H,24,25)(H,27,32)(H,28,33). The number of para-hydroxylation sites is 1. The van der Waals surface area contributed by atoms with Crippen LogP contribution >= 0.6 is 0 Å². The summed E-state index contributed by atoms with van der Waals surface area (Å²) in [5, 5.41) is 20.1. The fourth-order valence-electron chi connectivity index (χ4n) is 3.35. The van der Waals surface area contributed by atoms with E-state index in [1.807, 2.05) is 36.4 Å². The number of tetrazole rings is 1. The number of nitrogens with zero attached hydrogens (tertiary/aromatic N) is 5. The highest BCUT2D eigenvalue weighted by Crippen LogP contribution is 2.15. The number of hydrogen-bond acceptors (Lipinski definition) is 6. The van der Waals surface area contributed by atoms with E-state index < -0.39 is 11.8 Å². The molecule has 0 unspecified atom stereocenters. The zero-order valence-electron chi connectivity index (χ0n) is 17.3. The lowest BCUT2D eigenvalue weighted by Gasteiger charge is -2.08. The van der Waals surface area contributed by atoms with Crippen LogP contribution in [0.3, 0.4) is 0 Å². The molecule has 2 aromatic heterocycles. The molecule has 2 heterocycles. The first-order valence-electron chi connectivity index (χ1n) is 10.1. The van der Waals surface area contributed by atoms with Gasteiger partial charge in [-0.2, -0.15) is 9.90 Å². The van der Waals surface area contributed by atoms with Gasteiger partial charge >= 0.3 is 0 Å². The number of carbonyl (C=O) groups excluding carboxylic acids is 2. The lowest BCUT2D eigenvalue weighted by atomic mass is 10.1. The van der Waals surface area contributed by atoms with E-state index >= 15 is 0 Å². The summed E-state index contributed by atoms with van der Waals surface area (Å²) in [4.78, 5) is 26.4. The van der Waals surface area contributed by atoms with Gasteiger partial charge in [-0.1, -0.05) is 54.6 Å². The summed E-state index contributed by atoms with van der Waals surface area (Å²) >= 11 is 0.